The molecule has 0 amide bonds. The first-order valence-electron chi connectivity index (χ1n) is 24.6. The highest BCUT2D eigenvalue weighted by Gasteiger charge is 2.37. The van der Waals surface area contributed by atoms with Crippen molar-refractivity contribution in [1.82, 2.24) is 0 Å². The summed E-state index contributed by atoms with van der Waals surface area (Å²) < 4.78 is 0. The minimum absolute atomic E-state index is 0.203. The van der Waals surface area contributed by atoms with E-state index >= 15 is 0 Å². The summed E-state index contributed by atoms with van der Waals surface area (Å²) in [4.78, 5) is 8.19. The fourth-order valence-corrected chi connectivity index (χ4v) is 10.7. The van der Waals surface area contributed by atoms with Crippen molar-refractivity contribution in [2.24, 2.45) is 0 Å². The third-order valence-electron chi connectivity index (χ3n) is 14.8. The lowest BCUT2D eigenvalue weighted by Gasteiger charge is -2.28. The number of rotatable bonds is 10. The van der Waals surface area contributed by atoms with Gasteiger partial charge in [0.05, 0.1) is 18.2 Å². The van der Waals surface area contributed by atoms with Gasteiger partial charge in [0.15, 0.2) is 5.69 Å². The molecule has 0 atom stereocenters. The molecule has 0 bridgehead atoms. The minimum Gasteiger partial charge on any atom is -0.311 e. The third kappa shape index (κ3) is 8.28. The zero-order valence-electron chi connectivity index (χ0n) is 41.6. The van der Waals surface area contributed by atoms with Crippen molar-refractivity contribution in [2.75, 3.05) is 9.80 Å². The Hall–Kier alpha value is -8.96. The largest absolute Gasteiger partial charge is 0.311 e. The van der Waals surface area contributed by atoms with Crippen molar-refractivity contribution >= 4 is 64.1 Å². The normalized spacial score (nSPS) is 13.5. The topological polar surface area (TPSA) is 34.6 Å². The van der Waals surface area contributed by atoms with E-state index in [0.29, 0.717) is 11.3 Å². The molecule has 9 aromatic rings. The summed E-state index contributed by atoms with van der Waals surface area (Å²) in [5.74, 6) is 0. The van der Waals surface area contributed by atoms with Crippen molar-refractivity contribution in [1.29, 1.82) is 5.26 Å². The quantitative estimate of drug-likeness (QED) is 0.101. The van der Waals surface area contributed by atoms with Crippen LogP contribution in [0.4, 0.5) is 39.8 Å². The van der Waals surface area contributed by atoms with Gasteiger partial charge >= 0.3 is 0 Å². The van der Waals surface area contributed by atoms with Crippen LogP contribution < -0.4 is 9.80 Å². The molecular formula is C68H54N4. The van der Waals surface area contributed by atoms with Gasteiger partial charge in [-0.15, -0.1) is 0 Å². The zero-order valence-corrected chi connectivity index (χ0v) is 41.6. The summed E-state index contributed by atoms with van der Waals surface area (Å²) in [6.45, 7) is 21.0. The van der Waals surface area contributed by atoms with Gasteiger partial charge in [-0.3, -0.25) is 0 Å². The van der Waals surface area contributed by atoms with E-state index in [1.165, 1.54) is 66.8 Å². The first kappa shape index (κ1) is 45.5. The molecule has 0 aliphatic heterocycles. The summed E-state index contributed by atoms with van der Waals surface area (Å²) in [6, 6.07) is 71.4. The highest BCUT2D eigenvalue weighted by Crippen LogP contribution is 2.53. The lowest BCUT2D eigenvalue weighted by molar-refractivity contribution is 0.660. The van der Waals surface area contributed by atoms with Crippen LogP contribution in [0, 0.1) is 31.8 Å². The zero-order chi connectivity index (χ0) is 49.7. The van der Waals surface area contributed by atoms with Crippen LogP contribution in [0.2, 0.25) is 0 Å². The van der Waals surface area contributed by atoms with E-state index in [1.807, 2.05) is 48.5 Å². The number of anilines is 6. The van der Waals surface area contributed by atoms with Gasteiger partial charge in [-0.25, -0.2) is 4.85 Å². The molecule has 2 aliphatic carbocycles. The highest BCUT2D eigenvalue weighted by atomic mass is 15.1. The number of hydrogen-bond acceptors (Lipinski definition) is 3. The van der Waals surface area contributed by atoms with Crippen molar-refractivity contribution in [3.63, 3.8) is 0 Å². The van der Waals surface area contributed by atoms with E-state index in [-0.39, 0.29) is 10.8 Å². The number of fused-ring (bicyclic) bond motifs is 6. The smallest absolute Gasteiger partial charge is 0.187 e. The number of nitriles is 1. The maximum Gasteiger partial charge on any atom is 0.187 e. The Morgan fingerprint density at radius 1 is 0.389 bits per heavy atom. The maximum atomic E-state index is 9.49. The predicted octanol–water partition coefficient (Wildman–Crippen LogP) is 18.6. The van der Waals surface area contributed by atoms with E-state index < -0.39 is 0 Å². The van der Waals surface area contributed by atoms with Crippen LogP contribution in [0.1, 0.15) is 88.9 Å². The molecule has 0 spiro atoms. The van der Waals surface area contributed by atoms with Crippen LogP contribution in [0.5, 0.6) is 0 Å². The Bertz CT molecular complexity index is 3440. The van der Waals surface area contributed by atoms with Gasteiger partial charge in [0.2, 0.25) is 0 Å². The molecule has 2 aliphatic rings. The molecule has 9 aromatic carbocycles. The molecule has 0 radical (unpaired) electrons. The minimum atomic E-state index is -0.206. The number of nitrogens with zero attached hydrogens (tertiary/aromatic N) is 4. The summed E-state index contributed by atoms with van der Waals surface area (Å²) in [5, 5.41) is 9.49. The molecule has 0 saturated heterocycles. The fourth-order valence-electron chi connectivity index (χ4n) is 10.7. The molecule has 0 heterocycles. The van der Waals surface area contributed by atoms with Gasteiger partial charge in [0, 0.05) is 45.0 Å². The van der Waals surface area contributed by atoms with Crippen LogP contribution in [-0.4, -0.2) is 0 Å². The highest BCUT2D eigenvalue weighted by molar-refractivity contribution is 5.89. The SMILES string of the molecule is [C-]#[N+]c1ccc(N(c2ccc(C)cc2)c2ccc3c(c2)C(C)(C)c2cc(C=Cc4ccc(C=Cc5ccc6c(c5)C(C)(C)c5cc(N(c7ccc(C)cc7)c7ccc(C#N)cc7)ccc5-6)cc4)ccc2-3)cc1. The Kier molecular flexibility index (Phi) is 11.4. The summed E-state index contributed by atoms with van der Waals surface area (Å²) >= 11 is 0. The summed E-state index contributed by atoms with van der Waals surface area (Å²) in [5.41, 5.74) is 24.7. The van der Waals surface area contributed by atoms with Gasteiger partial charge in [-0.05, 0) is 166 Å². The van der Waals surface area contributed by atoms with Crippen molar-refractivity contribution in [2.45, 2.75) is 52.4 Å². The van der Waals surface area contributed by atoms with E-state index in [9.17, 15) is 5.26 Å². The van der Waals surface area contributed by atoms with Crippen molar-refractivity contribution in [3.8, 4) is 28.3 Å². The average Bonchev–Trinajstić information content (AvgIpc) is 3.77. The summed E-state index contributed by atoms with van der Waals surface area (Å²) in [7, 11) is 0. The molecule has 0 aromatic heterocycles. The first-order chi connectivity index (χ1) is 34.9. The molecule has 4 nitrogen and oxygen atoms in total. The fraction of sp³-hybridized carbons (Fsp3) is 0.118. The molecule has 0 saturated carbocycles. The van der Waals surface area contributed by atoms with Gasteiger partial charge in [-0.2, -0.15) is 5.26 Å². The van der Waals surface area contributed by atoms with Crippen LogP contribution >= 0.6 is 0 Å². The van der Waals surface area contributed by atoms with Crippen LogP contribution in [0.3, 0.4) is 0 Å². The molecule has 346 valence electrons. The van der Waals surface area contributed by atoms with E-state index in [2.05, 4.69) is 232 Å². The number of hydrogen-bond donors (Lipinski definition) is 0. The molecule has 4 heteroatoms. The van der Waals surface area contributed by atoms with Crippen molar-refractivity contribution in [3.05, 3.63) is 267 Å². The second-order valence-corrected chi connectivity index (χ2v) is 20.3. The van der Waals surface area contributed by atoms with Gasteiger partial charge < -0.3 is 9.80 Å². The Labute approximate surface area is 424 Å². The van der Waals surface area contributed by atoms with Gasteiger partial charge in [0.1, 0.15) is 0 Å². The lowest BCUT2D eigenvalue weighted by atomic mass is 9.81. The molecule has 0 fully saturated rings. The van der Waals surface area contributed by atoms with E-state index in [1.54, 1.807) is 0 Å². The molecular weight excluding hydrogens is 873 g/mol. The van der Waals surface area contributed by atoms with Crippen molar-refractivity contribution < 1.29 is 0 Å². The van der Waals surface area contributed by atoms with Crippen LogP contribution in [0.15, 0.2) is 194 Å². The second kappa shape index (κ2) is 18.1. The molecule has 0 unspecified atom stereocenters. The number of benzene rings is 9. The molecule has 72 heavy (non-hydrogen) atoms. The Morgan fingerprint density at radius 2 is 0.694 bits per heavy atom. The monoisotopic (exact) mass is 926 g/mol. The predicted molar refractivity (Wildman–Crippen MR) is 302 cm³/mol. The first-order valence-corrected chi connectivity index (χ1v) is 24.6. The van der Waals surface area contributed by atoms with Gasteiger partial charge in [0.25, 0.3) is 0 Å². The second-order valence-electron chi connectivity index (χ2n) is 20.3. The molecule has 11 rings (SSSR count). The third-order valence-corrected chi connectivity index (χ3v) is 14.8. The molecule has 0 N–H and O–H groups in total. The standard InChI is InChI=1S/C68H54N4/c1-45-8-26-53(27-9-45)71(55-30-20-51(44-69)21-31-55)57-34-38-61-59-36-22-49(40-63(59)67(3,4)65(61)42-57)18-16-47-12-14-48(15-13-47)17-19-50-23-37-60-62-39-35-58(43-66(62)68(5,6)64(60)41-50)72(54-28-10-46(2)11-29-54)56-32-24-52(70-7)25-33-56/h8-43H,1-6H3. The summed E-state index contributed by atoms with van der Waals surface area (Å²) in [6.07, 6.45) is 8.86. The van der Waals surface area contributed by atoms with Gasteiger partial charge in [-0.1, -0.05) is 172 Å². The maximum absolute atomic E-state index is 9.49. The van der Waals surface area contributed by atoms with Crippen LogP contribution in [-0.2, 0) is 10.8 Å². The van der Waals surface area contributed by atoms with Crippen LogP contribution in [0.25, 0.3) is 51.4 Å². The Balaban J connectivity index is 0.797. The average molecular weight is 927 g/mol. The Morgan fingerprint density at radius 3 is 1.07 bits per heavy atom. The number of aryl methyl sites for hydroxylation is 2. The lowest BCUT2D eigenvalue weighted by Crippen LogP contribution is -2.16. The van der Waals surface area contributed by atoms with E-state index in [0.717, 1.165) is 45.3 Å². The van der Waals surface area contributed by atoms with E-state index in [4.69, 9.17) is 6.57 Å².